The van der Waals surface area contributed by atoms with E-state index in [4.69, 9.17) is 14.2 Å². The Balaban J connectivity index is 1.26. The van der Waals surface area contributed by atoms with Gasteiger partial charge in [-0.3, -0.25) is 0 Å². The smallest absolute Gasteiger partial charge is 0.408 e. The summed E-state index contributed by atoms with van der Waals surface area (Å²) in [5, 5.41) is 7.04. The van der Waals surface area contributed by atoms with Crippen molar-refractivity contribution in [2.24, 2.45) is 0 Å². The quantitative estimate of drug-likeness (QED) is 0.476. The predicted molar refractivity (Wildman–Crippen MR) is 140 cm³/mol. The van der Waals surface area contributed by atoms with Gasteiger partial charge in [0.2, 0.25) is 5.95 Å². The molecule has 9 nitrogen and oxygen atoms in total. The molecule has 2 N–H and O–H groups in total. The molecule has 2 fully saturated rings. The van der Waals surface area contributed by atoms with Gasteiger partial charge >= 0.3 is 6.09 Å². The zero-order valence-corrected chi connectivity index (χ0v) is 22.1. The maximum Gasteiger partial charge on any atom is 0.408 e. The number of alkyl carbamates (subject to hydrolysis) is 1. The molecule has 1 amide bonds. The maximum atomic E-state index is 15.9. The van der Waals surface area contributed by atoms with Crippen molar-refractivity contribution >= 4 is 22.9 Å². The molecule has 3 aliphatic rings. The van der Waals surface area contributed by atoms with Gasteiger partial charge in [-0.15, -0.1) is 0 Å². The lowest BCUT2D eigenvalue weighted by Crippen LogP contribution is -2.47. The van der Waals surface area contributed by atoms with Gasteiger partial charge in [-0.1, -0.05) is 0 Å². The van der Waals surface area contributed by atoms with E-state index in [1.54, 1.807) is 31.3 Å². The number of carbonyl (C=O) groups excluding carboxylic acids is 1. The monoisotopic (exact) mass is 521 g/mol. The molecule has 2 saturated carbocycles. The molecule has 2 aromatic heterocycles. The number of ether oxygens (including phenoxy) is 3. The lowest BCUT2D eigenvalue weighted by molar-refractivity contribution is 0.0458. The number of hydrogen-bond donors (Lipinski definition) is 2. The largest absolute Gasteiger partial charge is 0.484 e. The van der Waals surface area contributed by atoms with Crippen LogP contribution >= 0.6 is 0 Å². The molecule has 10 heteroatoms. The van der Waals surface area contributed by atoms with Crippen LogP contribution in [0.1, 0.15) is 58.6 Å². The summed E-state index contributed by atoms with van der Waals surface area (Å²) in [5.74, 6) is 0.869. The number of rotatable bonds is 4. The van der Waals surface area contributed by atoms with E-state index in [9.17, 15) is 4.79 Å². The van der Waals surface area contributed by atoms with Crippen molar-refractivity contribution in [2.45, 2.75) is 76.5 Å². The number of aromatic nitrogens is 3. The standard InChI is InChI=1S/C28H32FN5O4/c1-16-20-19(6-5-17(21(20)29)18-7-12-30-23-22(18)36-13-14-37-23)32-24(31-16)33-27-8-10-28(15-27,11-9-27)34-25(35)38-26(2,3)4/h5-7,12H,8-11,13-15H2,1-4H3,(H,34,35)(H,31,32,33). The van der Waals surface area contributed by atoms with Gasteiger partial charge in [0.25, 0.3) is 5.88 Å². The lowest BCUT2D eigenvalue weighted by Gasteiger charge is -2.30. The van der Waals surface area contributed by atoms with E-state index in [0.29, 0.717) is 58.5 Å². The number of aryl methyl sites for hydroxylation is 1. The lowest BCUT2D eigenvalue weighted by atomic mass is 9.91. The fraction of sp³-hybridized carbons (Fsp3) is 0.500. The van der Waals surface area contributed by atoms with Crippen LogP contribution in [0.2, 0.25) is 0 Å². The van der Waals surface area contributed by atoms with Gasteiger partial charge in [-0.2, -0.15) is 0 Å². The third-order valence-corrected chi connectivity index (χ3v) is 7.70. The fourth-order valence-corrected chi connectivity index (χ4v) is 6.09. The van der Waals surface area contributed by atoms with Crippen molar-refractivity contribution in [3.05, 3.63) is 35.9 Å². The van der Waals surface area contributed by atoms with Crippen molar-refractivity contribution in [1.82, 2.24) is 20.3 Å². The number of nitrogens with zero attached hydrogens (tertiary/aromatic N) is 3. The Bertz CT molecular complexity index is 1430. The number of hydrogen-bond acceptors (Lipinski definition) is 8. The molecule has 1 aliphatic heterocycles. The summed E-state index contributed by atoms with van der Waals surface area (Å²) in [6.45, 7) is 8.16. The number of anilines is 1. The molecule has 1 aromatic carbocycles. The molecule has 0 atom stereocenters. The highest BCUT2D eigenvalue weighted by atomic mass is 19.1. The number of carbonyl (C=O) groups is 1. The third-order valence-electron chi connectivity index (χ3n) is 7.70. The van der Waals surface area contributed by atoms with Gasteiger partial charge in [-0.25, -0.2) is 24.1 Å². The summed E-state index contributed by atoms with van der Waals surface area (Å²) < 4.78 is 32.7. The first-order valence-corrected chi connectivity index (χ1v) is 13.1. The zero-order chi connectivity index (χ0) is 26.7. The fourth-order valence-electron chi connectivity index (χ4n) is 6.09. The number of benzene rings is 1. The number of pyridine rings is 1. The van der Waals surface area contributed by atoms with Crippen molar-refractivity contribution in [3.63, 3.8) is 0 Å². The SMILES string of the molecule is Cc1nc(NC23CCC(NC(=O)OC(C)(C)C)(CC2)C3)nc2ccc(-c3ccnc4c3OCCO4)c(F)c12. The van der Waals surface area contributed by atoms with Crippen LogP contribution in [0.3, 0.4) is 0 Å². The molecule has 6 rings (SSSR count). The van der Waals surface area contributed by atoms with E-state index in [0.717, 1.165) is 32.1 Å². The summed E-state index contributed by atoms with van der Waals surface area (Å²) in [4.78, 5) is 26.0. The molecule has 0 saturated heterocycles. The van der Waals surface area contributed by atoms with E-state index >= 15 is 4.39 Å². The first kappa shape index (κ1) is 24.6. The normalized spacial score (nSPS) is 23.9. The Morgan fingerprint density at radius 1 is 1.03 bits per heavy atom. The molecule has 200 valence electrons. The van der Waals surface area contributed by atoms with E-state index in [1.165, 1.54) is 0 Å². The van der Waals surface area contributed by atoms with Gasteiger partial charge in [-0.05, 0) is 78.0 Å². The molecule has 3 aromatic rings. The minimum Gasteiger partial charge on any atom is -0.484 e. The van der Waals surface area contributed by atoms with Crippen LogP contribution in [0.25, 0.3) is 22.0 Å². The van der Waals surface area contributed by atoms with Crippen LogP contribution in [-0.4, -0.2) is 50.9 Å². The van der Waals surface area contributed by atoms with Gasteiger partial charge in [0.15, 0.2) is 5.75 Å². The van der Waals surface area contributed by atoms with Gasteiger partial charge in [0.05, 0.1) is 16.6 Å². The van der Waals surface area contributed by atoms with Crippen LogP contribution in [0.4, 0.5) is 15.1 Å². The highest BCUT2D eigenvalue weighted by Crippen LogP contribution is 2.52. The molecule has 2 aliphatic carbocycles. The molecule has 3 heterocycles. The van der Waals surface area contributed by atoms with Crippen LogP contribution in [0.15, 0.2) is 24.4 Å². The highest BCUT2D eigenvalue weighted by Gasteiger charge is 2.55. The van der Waals surface area contributed by atoms with Crippen LogP contribution < -0.4 is 20.1 Å². The highest BCUT2D eigenvalue weighted by molar-refractivity contribution is 5.89. The summed E-state index contributed by atoms with van der Waals surface area (Å²) >= 11 is 0. The molecule has 2 bridgehead atoms. The Kier molecular flexibility index (Phi) is 5.62. The first-order valence-electron chi connectivity index (χ1n) is 13.1. The number of amides is 1. The van der Waals surface area contributed by atoms with E-state index in [2.05, 4.69) is 25.6 Å². The Morgan fingerprint density at radius 2 is 1.76 bits per heavy atom. The van der Waals surface area contributed by atoms with Crippen molar-refractivity contribution < 1.29 is 23.4 Å². The van der Waals surface area contributed by atoms with Gasteiger partial charge < -0.3 is 24.8 Å². The summed E-state index contributed by atoms with van der Waals surface area (Å²) in [6, 6.07) is 5.24. The van der Waals surface area contributed by atoms with Crippen LogP contribution in [0, 0.1) is 12.7 Å². The Labute approximate surface area is 220 Å². The summed E-state index contributed by atoms with van der Waals surface area (Å²) in [5.41, 5.74) is 0.974. The second-order valence-electron chi connectivity index (χ2n) is 11.6. The summed E-state index contributed by atoms with van der Waals surface area (Å²) in [7, 11) is 0. The van der Waals surface area contributed by atoms with Gasteiger partial charge in [0, 0.05) is 28.4 Å². The first-order chi connectivity index (χ1) is 18.1. The average Bonchev–Trinajstić information content (AvgIpc) is 3.37. The maximum absolute atomic E-state index is 15.9. The van der Waals surface area contributed by atoms with Crippen LogP contribution in [0.5, 0.6) is 11.6 Å². The molecular formula is C28H32FN5O4. The average molecular weight is 522 g/mol. The second-order valence-corrected chi connectivity index (χ2v) is 11.6. The Morgan fingerprint density at radius 3 is 2.53 bits per heavy atom. The predicted octanol–water partition coefficient (Wildman–Crippen LogP) is 5.30. The van der Waals surface area contributed by atoms with Gasteiger partial charge in [0.1, 0.15) is 24.6 Å². The minimum atomic E-state index is -0.545. The number of fused-ring (bicyclic) bond motifs is 4. The van der Waals surface area contributed by atoms with Crippen molar-refractivity contribution in [3.8, 4) is 22.8 Å². The van der Waals surface area contributed by atoms with Crippen molar-refractivity contribution in [1.29, 1.82) is 0 Å². The molecule has 0 radical (unpaired) electrons. The van der Waals surface area contributed by atoms with E-state index < -0.39 is 11.4 Å². The molecule has 38 heavy (non-hydrogen) atoms. The van der Waals surface area contributed by atoms with Crippen LogP contribution in [-0.2, 0) is 4.74 Å². The molecular weight excluding hydrogens is 489 g/mol. The summed E-state index contributed by atoms with van der Waals surface area (Å²) in [6.07, 6.45) is 5.44. The molecule has 0 spiro atoms. The topological polar surface area (TPSA) is 107 Å². The minimum absolute atomic E-state index is 0.221. The van der Waals surface area contributed by atoms with E-state index in [1.807, 2.05) is 20.8 Å². The second kappa shape index (κ2) is 8.68. The Hall–Kier alpha value is -3.69. The van der Waals surface area contributed by atoms with Crippen molar-refractivity contribution in [2.75, 3.05) is 18.5 Å². The number of halogens is 1. The van der Waals surface area contributed by atoms with E-state index in [-0.39, 0.29) is 17.2 Å². The molecule has 0 unspecified atom stereocenters. The number of nitrogens with one attached hydrogen (secondary N) is 2. The zero-order valence-electron chi connectivity index (χ0n) is 22.1. The third kappa shape index (κ3) is 4.35.